The Morgan fingerprint density at radius 1 is 1.25 bits per heavy atom. The highest BCUT2D eigenvalue weighted by atomic mass is 16.4. The molecule has 7 nitrogen and oxygen atoms in total. The number of piperidine rings is 1. The van der Waals surface area contributed by atoms with Crippen LogP contribution in [0.4, 0.5) is 0 Å². The molecule has 1 aliphatic heterocycles. The normalized spacial score (nSPS) is 20.1. The number of amides is 1. The molecule has 0 radical (unpaired) electrons. The van der Waals surface area contributed by atoms with Crippen LogP contribution in [0.3, 0.4) is 0 Å². The van der Waals surface area contributed by atoms with E-state index in [1.165, 1.54) is 0 Å². The van der Waals surface area contributed by atoms with E-state index in [4.69, 9.17) is 10.2 Å². The molecule has 0 aliphatic carbocycles. The Morgan fingerprint density at radius 3 is 2.30 bits per heavy atom. The van der Waals surface area contributed by atoms with Gasteiger partial charge < -0.3 is 20.4 Å². The van der Waals surface area contributed by atoms with Gasteiger partial charge in [-0.15, -0.1) is 0 Å². The summed E-state index contributed by atoms with van der Waals surface area (Å²) in [5, 5.41) is 20.7. The fourth-order valence-electron chi connectivity index (χ4n) is 2.49. The number of rotatable bonds is 7. The third-order valence-corrected chi connectivity index (χ3v) is 3.64. The van der Waals surface area contributed by atoms with Crippen LogP contribution in [0.5, 0.6) is 0 Å². The molecule has 1 heterocycles. The summed E-state index contributed by atoms with van der Waals surface area (Å²) in [6.45, 7) is 2.66. The molecule has 1 fully saturated rings. The minimum absolute atomic E-state index is 0.111. The molecular formula is C13H22N2O5. The maximum atomic E-state index is 12.0. The first-order valence-electron chi connectivity index (χ1n) is 6.82. The molecule has 2 atom stereocenters. The first-order chi connectivity index (χ1) is 9.40. The number of aliphatic carboxylic acids is 2. The van der Waals surface area contributed by atoms with Crippen LogP contribution in [-0.4, -0.2) is 59.1 Å². The highest BCUT2D eigenvalue weighted by Gasteiger charge is 2.26. The Bertz CT molecular complexity index is 350. The molecule has 2 unspecified atom stereocenters. The van der Waals surface area contributed by atoms with E-state index < -0.39 is 30.9 Å². The number of hydrogen-bond acceptors (Lipinski definition) is 4. The lowest BCUT2D eigenvalue weighted by Gasteiger charge is -2.29. The minimum Gasteiger partial charge on any atom is -0.480 e. The van der Waals surface area contributed by atoms with Crippen LogP contribution in [-0.2, 0) is 14.4 Å². The van der Waals surface area contributed by atoms with E-state index in [1.54, 1.807) is 0 Å². The summed E-state index contributed by atoms with van der Waals surface area (Å²) in [6.07, 6.45) is 2.30. The summed E-state index contributed by atoms with van der Waals surface area (Å²) in [6, 6.07) is 0. The maximum absolute atomic E-state index is 12.0. The fourth-order valence-corrected chi connectivity index (χ4v) is 2.49. The van der Waals surface area contributed by atoms with Crippen molar-refractivity contribution >= 4 is 17.8 Å². The van der Waals surface area contributed by atoms with Crippen LogP contribution in [0.2, 0.25) is 0 Å². The molecule has 7 heteroatoms. The molecular weight excluding hydrogens is 264 g/mol. The quantitative estimate of drug-likeness (QED) is 0.608. The molecule has 0 aromatic carbocycles. The molecule has 1 aliphatic rings. The third-order valence-electron chi connectivity index (χ3n) is 3.64. The lowest BCUT2D eigenvalue weighted by molar-refractivity contribution is -0.149. The molecule has 1 amide bonds. The van der Waals surface area contributed by atoms with E-state index in [1.807, 2.05) is 6.92 Å². The standard InChI is InChI=1S/C13H22N2O5/c1-9(10-3-2-4-14-6-10)5-11(16)15(7-12(17)18)8-13(19)20/h9-10,14H,2-8H2,1H3,(H,17,18)(H,19,20). The largest absolute Gasteiger partial charge is 0.480 e. The number of hydrogen-bond donors (Lipinski definition) is 3. The van der Waals surface area contributed by atoms with Crippen molar-refractivity contribution in [2.24, 2.45) is 11.8 Å². The second kappa shape index (κ2) is 7.84. The van der Waals surface area contributed by atoms with Crippen molar-refractivity contribution in [2.45, 2.75) is 26.2 Å². The molecule has 114 valence electrons. The number of carbonyl (C=O) groups is 3. The summed E-state index contributed by atoms with van der Waals surface area (Å²) in [4.78, 5) is 34.3. The Morgan fingerprint density at radius 2 is 1.85 bits per heavy atom. The van der Waals surface area contributed by atoms with Gasteiger partial charge in [0.1, 0.15) is 13.1 Å². The predicted molar refractivity (Wildman–Crippen MR) is 71.2 cm³/mol. The van der Waals surface area contributed by atoms with Crippen molar-refractivity contribution in [3.8, 4) is 0 Å². The predicted octanol–water partition coefficient (Wildman–Crippen LogP) is 0.0100. The second-order valence-corrected chi connectivity index (χ2v) is 5.33. The molecule has 0 aromatic rings. The molecule has 0 saturated carbocycles. The van der Waals surface area contributed by atoms with Gasteiger partial charge in [-0.1, -0.05) is 6.92 Å². The Kier molecular flexibility index (Phi) is 6.44. The van der Waals surface area contributed by atoms with Crippen LogP contribution >= 0.6 is 0 Å². The average molecular weight is 286 g/mol. The molecule has 0 bridgehead atoms. The summed E-state index contributed by atoms with van der Waals surface area (Å²) in [5.74, 6) is -2.32. The van der Waals surface area contributed by atoms with Crippen molar-refractivity contribution < 1.29 is 24.6 Å². The van der Waals surface area contributed by atoms with Gasteiger partial charge in [0.25, 0.3) is 0 Å². The van der Waals surface area contributed by atoms with Gasteiger partial charge in [0, 0.05) is 6.42 Å². The molecule has 0 spiro atoms. The van der Waals surface area contributed by atoms with Crippen LogP contribution < -0.4 is 5.32 Å². The molecule has 1 saturated heterocycles. The van der Waals surface area contributed by atoms with Crippen molar-refractivity contribution in [3.05, 3.63) is 0 Å². The summed E-state index contributed by atoms with van der Waals surface area (Å²) in [5.41, 5.74) is 0. The number of carbonyl (C=O) groups excluding carboxylic acids is 1. The molecule has 3 N–H and O–H groups in total. The van der Waals surface area contributed by atoms with Crippen LogP contribution in [0.25, 0.3) is 0 Å². The van der Waals surface area contributed by atoms with Crippen LogP contribution in [0.15, 0.2) is 0 Å². The number of carboxylic acids is 2. The SMILES string of the molecule is CC(CC(=O)N(CC(=O)O)CC(=O)O)C1CCCNC1. The monoisotopic (exact) mass is 286 g/mol. The Hall–Kier alpha value is -1.63. The highest BCUT2D eigenvalue weighted by Crippen LogP contribution is 2.23. The second-order valence-electron chi connectivity index (χ2n) is 5.33. The van der Waals surface area contributed by atoms with Crippen molar-refractivity contribution in [1.82, 2.24) is 10.2 Å². The van der Waals surface area contributed by atoms with Crippen LogP contribution in [0.1, 0.15) is 26.2 Å². The first-order valence-corrected chi connectivity index (χ1v) is 6.82. The topological polar surface area (TPSA) is 107 Å². The Labute approximate surface area is 117 Å². The van der Waals surface area contributed by atoms with Gasteiger partial charge in [0.15, 0.2) is 0 Å². The van der Waals surface area contributed by atoms with Gasteiger partial charge in [-0.3, -0.25) is 14.4 Å². The number of carboxylic acid groups (broad SMARTS) is 2. The first kappa shape index (κ1) is 16.4. The van der Waals surface area contributed by atoms with Gasteiger partial charge in [-0.25, -0.2) is 0 Å². The number of nitrogens with one attached hydrogen (secondary N) is 1. The van der Waals surface area contributed by atoms with E-state index in [-0.39, 0.29) is 12.3 Å². The number of nitrogens with zero attached hydrogens (tertiary/aromatic N) is 1. The van der Waals surface area contributed by atoms with Crippen LogP contribution in [0, 0.1) is 11.8 Å². The molecule has 20 heavy (non-hydrogen) atoms. The van der Waals surface area contributed by atoms with E-state index in [9.17, 15) is 14.4 Å². The van der Waals surface area contributed by atoms with Gasteiger partial charge in [0.05, 0.1) is 0 Å². The lowest BCUT2D eigenvalue weighted by atomic mass is 9.85. The molecule has 1 rings (SSSR count). The summed E-state index contributed by atoms with van der Waals surface area (Å²) < 4.78 is 0. The van der Waals surface area contributed by atoms with E-state index in [0.717, 1.165) is 30.8 Å². The van der Waals surface area contributed by atoms with E-state index in [2.05, 4.69) is 5.32 Å². The zero-order valence-electron chi connectivity index (χ0n) is 11.7. The van der Waals surface area contributed by atoms with Gasteiger partial charge >= 0.3 is 11.9 Å². The minimum atomic E-state index is -1.20. The van der Waals surface area contributed by atoms with Crippen molar-refractivity contribution in [2.75, 3.05) is 26.2 Å². The van der Waals surface area contributed by atoms with Crippen molar-refractivity contribution in [1.29, 1.82) is 0 Å². The van der Waals surface area contributed by atoms with Gasteiger partial charge in [0.2, 0.25) is 5.91 Å². The summed E-state index contributed by atoms with van der Waals surface area (Å²) in [7, 11) is 0. The third kappa shape index (κ3) is 5.56. The summed E-state index contributed by atoms with van der Waals surface area (Å²) >= 11 is 0. The molecule has 0 aromatic heterocycles. The smallest absolute Gasteiger partial charge is 0.323 e. The van der Waals surface area contributed by atoms with E-state index in [0.29, 0.717) is 5.92 Å². The fraction of sp³-hybridized carbons (Fsp3) is 0.769. The highest BCUT2D eigenvalue weighted by molar-refractivity contribution is 5.85. The lowest BCUT2D eigenvalue weighted by Crippen LogP contribution is -2.41. The zero-order valence-corrected chi connectivity index (χ0v) is 11.7. The van der Waals surface area contributed by atoms with Gasteiger partial charge in [-0.05, 0) is 37.8 Å². The van der Waals surface area contributed by atoms with Crippen molar-refractivity contribution in [3.63, 3.8) is 0 Å². The van der Waals surface area contributed by atoms with E-state index >= 15 is 0 Å². The zero-order chi connectivity index (χ0) is 15.1. The van der Waals surface area contributed by atoms with Gasteiger partial charge in [-0.2, -0.15) is 0 Å². The maximum Gasteiger partial charge on any atom is 0.323 e. The average Bonchev–Trinajstić information content (AvgIpc) is 2.37. The Balaban J connectivity index is 2.54.